The quantitative estimate of drug-likeness (QED) is 0.854. The Balaban J connectivity index is 1.75. The zero-order valence-corrected chi connectivity index (χ0v) is 15.4. The van der Waals surface area contributed by atoms with E-state index < -0.39 is 0 Å². The number of hydrogen-bond donors (Lipinski definition) is 0. The lowest BCUT2D eigenvalue weighted by molar-refractivity contribution is -0.131. The summed E-state index contributed by atoms with van der Waals surface area (Å²) in [5.74, 6) is 0.124. The topological polar surface area (TPSA) is 73.0 Å². The molecule has 7 heteroatoms. The second-order valence-corrected chi connectivity index (χ2v) is 7.75. The van der Waals surface area contributed by atoms with E-state index in [1.165, 1.54) is 23.7 Å². The number of nitrogens with zero attached hydrogens (tertiary/aromatic N) is 5. The van der Waals surface area contributed by atoms with Crippen LogP contribution in [0.1, 0.15) is 52.9 Å². The fourth-order valence-electron chi connectivity index (χ4n) is 3.29. The summed E-state index contributed by atoms with van der Waals surface area (Å²) in [4.78, 5) is 31.4. The minimum Gasteiger partial charge on any atom is -0.343 e. The van der Waals surface area contributed by atoms with Gasteiger partial charge in [0, 0.05) is 26.1 Å². The molecule has 25 heavy (non-hydrogen) atoms. The number of fused-ring (bicyclic) bond motifs is 1. The van der Waals surface area contributed by atoms with Crippen molar-refractivity contribution in [3.05, 3.63) is 22.9 Å². The SMILES string of the molecule is CC(C)(C)n1ncc2c(=O)n(CCC(=O)N3CCCCCC3)cnc21. The lowest BCUT2D eigenvalue weighted by Crippen LogP contribution is -2.33. The number of aromatic nitrogens is 4. The lowest BCUT2D eigenvalue weighted by atomic mass is 10.1. The van der Waals surface area contributed by atoms with Gasteiger partial charge in [0.15, 0.2) is 5.65 Å². The fourth-order valence-corrected chi connectivity index (χ4v) is 3.29. The monoisotopic (exact) mass is 345 g/mol. The average molecular weight is 345 g/mol. The predicted octanol–water partition coefficient (Wildman–Crippen LogP) is 2.14. The summed E-state index contributed by atoms with van der Waals surface area (Å²) >= 11 is 0. The number of aryl methyl sites for hydroxylation is 1. The molecule has 136 valence electrons. The summed E-state index contributed by atoms with van der Waals surface area (Å²) in [6, 6.07) is 0. The molecule has 0 N–H and O–H groups in total. The van der Waals surface area contributed by atoms with Crippen molar-refractivity contribution in [1.82, 2.24) is 24.2 Å². The maximum absolute atomic E-state index is 12.7. The normalized spacial score (nSPS) is 16.2. The molecular weight excluding hydrogens is 318 g/mol. The molecule has 1 amide bonds. The molecule has 2 aromatic heterocycles. The number of amides is 1. The van der Waals surface area contributed by atoms with Crippen molar-refractivity contribution in [2.45, 2.75) is 65.0 Å². The van der Waals surface area contributed by atoms with Gasteiger partial charge in [0.25, 0.3) is 5.56 Å². The Hall–Kier alpha value is -2.18. The highest BCUT2D eigenvalue weighted by molar-refractivity contribution is 5.76. The molecule has 0 bridgehead atoms. The highest BCUT2D eigenvalue weighted by atomic mass is 16.2. The van der Waals surface area contributed by atoms with Crippen molar-refractivity contribution in [1.29, 1.82) is 0 Å². The van der Waals surface area contributed by atoms with E-state index in [0.29, 0.717) is 24.0 Å². The first-order valence-corrected chi connectivity index (χ1v) is 9.09. The lowest BCUT2D eigenvalue weighted by Gasteiger charge is -2.20. The van der Waals surface area contributed by atoms with Crippen molar-refractivity contribution in [3.63, 3.8) is 0 Å². The number of carbonyl (C=O) groups is 1. The van der Waals surface area contributed by atoms with Gasteiger partial charge in [-0.15, -0.1) is 0 Å². The Bertz CT molecular complexity index is 807. The molecule has 0 aliphatic carbocycles. The van der Waals surface area contributed by atoms with E-state index in [2.05, 4.69) is 10.1 Å². The van der Waals surface area contributed by atoms with Gasteiger partial charge >= 0.3 is 0 Å². The van der Waals surface area contributed by atoms with Crippen LogP contribution in [0.4, 0.5) is 0 Å². The molecule has 0 atom stereocenters. The predicted molar refractivity (Wildman–Crippen MR) is 96.4 cm³/mol. The van der Waals surface area contributed by atoms with Gasteiger partial charge in [-0.1, -0.05) is 12.8 Å². The molecule has 3 rings (SSSR count). The highest BCUT2D eigenvalue weighted by Crippen LogP contribution is 2.17. The van der Waals surface area contributed by atoms with Crippen LogP contribution < -0.4 is 5.56 Å². The van der Waals surface area contributed by atoms with Crippen LogP contribution in [0, 0.1) is 0 Å². The first kappa shape index (κ1) is 17.6. The first-order valence-electron chi connectivity index (χ1n) is 9.09. The second-order valence-electron chi connectivity index (χ2n) is 7.75. The van der Waals surface area contributed by atoms with Crippen LogP contribution in [0.15, 0.2) is 17.3 Å². The average Bonchev–Trinajstić information content (AvgIpc) is 2.82. The van der Waals surface area contributed by atoms with Crippen LogP contribution in [0.25, 0.3) is 11.0 Å². The van der Waals surface area contributed by atoms with E-state index in [4.69, 9.17) is 0 Å². The van der Waals surface area contributed by atoms with E-state index in [0.717, 1.165) is 25.9 Å². The summed E-state index contributed by atoms with van der Waals surface area (Å²) in [5, 5.41) is 4.81. The van der Waals surface area contributed by atoms with Crippen molar-refractivity contribution in [2.75, 3.05) is 13.1 Å². The maximum Gasteiger partial charge on any atom is 0.264 e. The molecule has 1 fully saturated rings. The third-order valence-corrected chi connectivity index (χ3v) is 4.72. The van der Waals surface area contributed by atoms with Gasteiger partial charge in [-0.2, -0.15) is 5.10 Å². The molecular formula is C18H27N5O2. The van der Waals surface area contributed by atoms with Gasteiger partial charge < -0.3 is 4.90 Å². The van der Waals surface area contributed by atoms with Gasteiger partial charge in [0.05, 0.1) is 18.1 Å². The van der Waals surface area contributed by atoms with Gasteiger partial charge in [-0.3, -0.25) is 14.2 Å². The molecule has 1 aliphatic rings. The van der Waals surface area contributed by atoms with Crippen LogP contribution in [-0.2, 0) is 16.9 Å². The summed E-state index contributed by atoms with van der Waals surface area (Å²) in [5.41, 5.74) is 0.215. The summed E-state index contributed by atoms with van der Waals surface area (Å²) in [6.07, 6.45) is 7.98. The molecule has 7 nitrogen and oxygen atoms in total. The third kappa shape index (κ3) is 3.75. The second kappa shape index (κ2) is 6.98. The number of rotatable bonds is 3. The van der Waals surface area contributed by atoms with Crippen LogP contribution in [-0.4, -0.2) is 43.2 Å². The fraction of sp³-hybridized carbons (Fsp3) is 0.667. The Labute approximate surface area is 147 Å². The zero-order valence-electron chi connectivity index (χ0n) is 15.4. The van der Waals surface area contributed by atoms with Gasteiger partial charge in [-0.05, 0) is 33.6 Å². The minimum atomic E-state index is -0.240. The first-order chi connectivity index (χ1) is 11.9. The molecule has 0 aromatic carbocycles. The largest absolute Gasteiger partial charge is 0.343 e. The standard InChI is InChI=1S/C18H27N5O2/c1-18(2,3)23-16-14(12-20-23)17(25)22(13-19-16)11-8-15(24)21-9-6-4-5-7-10-21/h12-13H,4-11H2,1-3H3. The van der Waals surface area contributed by atoms with Crippen molar-refractivity contribution >= 4 is 16.9 Å². The van der Waals surface area contributed by atoms with Gasteiger partial charge in [0.2, 0.25) is 5.91 Å². The van der Waals surface area contributed by atoms with Crippen LogP contribution in [0.5, 0.6) is 0 Å². The van der Waals surface area contributed by atoms with Crippen molar-refractivity contribution in [3.8, 4) is 0 Å². The molecule has 1 saturated heterocycles. The minimum absolute atomic E-state index is 0.124. The Morgan fingerprint density at radius 2 is 1.84 bits per heavy atom. The molecule has 3 heterocycles. The Morgan fingerprint density at radius 1 is 1.16 bits per heavy atom. The van der Waals surface area contributed by atoms with E-state index in [9.17, 15) is 9.59 Å². The van der Waals surface area contributed by atoms with Crippen LogP contribution >= 0.6 is 0 Å². The number of hydrogen-bond acceptors (Lipinski definition) is 4. The Kier molecular flexibility index (Phi) is 4.92. The van der Waals surface area contributed by atoms with E-state index in [1.54, 1.807) is 10.9 Å². The van der Waals surface area contributed by atoms with Crippen LogP contribution in [0.2, 0.25) is 0 Å². The zero-order chi connectivity index (χ0) is 18.0. The summed E-state index contributed by atoms with van der Waals surface area (Å²) in [6.45, 7) is 8.09. The van der Waals surface area contributed by atoms with Crippen molar-refractivity contribution < 1.29 is 4.79 Å². The van der Waals surface area contributed by atoms with Crippen molar-refractivity contribution in [2.24, 2.45) is 0 Å². The van der Waals surface area contributed by atoms with Gasteiger partial charge in [0.1, 0.15) is 5.39 Å². The van der Waals surface area contributed by atoms with E-state index >= 15 is 0 Å². The summed E-state index contributed by atoms with van der Waals surface area (Å²) < 4.78 is 3.28. The smallest absolute Gasteiger partial charge is 0.264 e. The van der Waals surface area contributed by atoms with Gasteiger partial charge in [-0.25, -0.2) is 9.67 Å². The highest BCUT2D eigenvalue weighted by Gasteiger charge is 2.20. The molecule has 2 aromatic rings. The Morgan fingerprint density at radius 3 is 2.48 bits per heavy atom. The molecule has 1 aliphatic heterocycles. The number of carbonyl (C=O) groups excluding carboxylic acids is 1. The van der Waals surface area contributed by atoms with E-state index in [-0.39, 0.29) is 17.0 Å². The molecule has 0 radical (unpaired) electrons. The number of likely N-dealkylation sites (tertiary alicyclic amines) is 1. The summed E-state index contributed by atoms with van der Waals surface area (Å²) in [7, 11) is 0. The third-order valence-electron chi connectivity index (χ3n) is 4.72. The molecule has 0 unspecified atom stereocenters. The molecule has 0 spiro atoms. The van der Waals surface area contributed by atoms with E-state index in [1.807, 2.05) is 25.7 Å². The molecule has 0 saturated carbocycles. The van der Waals surface area contributed by atoms with Crippen LogP contribution in [0.3, 0.4) is 0 Å². The maximum atomic E-state index is 12.7.